The van der Waals surface area contributed by atoms with Crippen molar-refractivity contribution in [2.75, 3.05) is 18.5 Å². The number of hydrogen-bond donors (Lipinski definition) is 0. The van der Waals surface area contributed by atoms with Crippen LogP contribution in [0.3, 0.4) is 0 Å². The second-order valence-corrected chi connectivity index (χ2v) is 8.06. The van der Waals surface area contributed by atoms with E-state index >= 15 is 0 Å². The third-order valence-electron chi connectivity index (χ3n) is 4.75. The number of benzene rings is 1. The van der Waals surface area contributed by atoms with Gasteiger partial charge in [-0.1, -0.05) is 30.7 Å². The molecule has 1 fully saturated rings. The van der Waals surface area contributed by atoms with Crippen LogP contribution < -0.4 is 4.90 Å². The van der Waals surface area contributed by atoms with Gasteiger partial charge in [0.25, 0.3) is 0 Å². The molecular formula is C22H29N3O2. The van der Waals surface area contributed by atoms with E-state index in [0.29, 0.717) is 5.82 Å². The summed E-state index contributed by atoms with van der Waals surface area (Å²) in [6, 6.07) is 13.9. The number of para-hydroxylation sites is 1. The molecule has 0 saturated carbocycles. The first-order valence-electron chi connectivity index (χ1n) is 9.60. The van der Waals surface area contributed by atoms with Crippen molar-refractivity contribution in [3.63, 3.8) is 0 Å². The van der Waals surface area contributed by atoms with Crippen molar-refractivity contribution in [1.82, 2.24) is 9.88 Å². The minimum atomic E-state index is -0.583. The topological polar surface area (TPSA) is 45.7 Å². The molecule has 0 spiro atoms. The first-order chi connectivity index (χ1) is 12.9. The lowest BCUT2D eigenvalue weighted by molar-refractivity contribution is 0.0597. The number of carbonyl (C=O) groups excluding carboxylic acids is 1. The Bertz CT molecular complexity index is 771. The van der Waals surface area contributed by atoms with E-state index in [9.17, 15) is 4.79 Å². The molecule has 2 heterocycles. The zero-order valence-corrected chi connectivity index (χ0v) is 16.7. The third kappa shape index (κ3) is 4.66. The van der Waals surface area contributed by atoms with Crippen LogP contribution in [0.15, 0.2) is 48.7 Å². The summed E-state index contributed by atoms with van der Waals surface area (Å²) in [5.74, 6) is 0.650. The fourth-order valence-corrected chi connectivity index (χ4v) is 3.52. The molecule has 1 aliphatic heterocycles. The summed E-state index contributed by atoms with van der Waals surface area (Å²) in [4.78, 5) is 21.7. The van der Waals surface area contributed by atoms with Gasteiger partial charge in [-0.3, -0.25) is 4.90 Å². The van der Waals surface area contributed by atoms with Gasteiger partial charge in [-0.05, 0) is 65.4 Å². The average Bonchev–Trinajstić information content (AvgIpc) is 2.62. The number of rotatable bonds is 3. The van der Waals surface area contributed by atoms with Crippen molar-refractivity contribution < 1.29 is 9.53 Å². The maximum atomic E-state index is 13.1. The molecule has 5 heteroatoms. The standard InChI is InChI=1S/C22H29N3O2/c1-22(2,3)27-21(26)25(17-11-6-5-7-12-17)20-18(13-10-15-23-20)19-14-8-9-16-24(19)4/h5-7,10-13,15,19H,8-9,14,16H2,1-4H3. The molecule has 0 N–H and O–H groups in total. The lowest BCUT2D eigenvalue weighted by Crippen LogP contribution is -2.36. The molecule has 1 unspecified atom stereocenters. The van der Waals surface area contributed by atoms with Crippen LogP contribution in [0, 0.1) is 0 Å². The Morgan fingerprint density at radius 1 is 1.15 bits per heavy atom. The first kappa shape index (κ1) is 19.4. The number of aromatic nitrogens is 1. The van der Waals surface area contributed by atoms with Gasteiger partial charge in [0, 0.05) is 17.8 Å². The summed E-state index contributed by atoms with van der Waals surface area (Å²) in [6.07, 6.45) is 4.78. The number of piperidine rings is 1. The van der Waals surface area contributed by atoms with E-state index in [1.54, 1.807) is 11.1 Å². The Morgan fingerprint density at radius 3 is 2.56 bits per heavy atom. The van der Waals surface area contributed by atoms with E-state index in [1.165, 1.54) is 12.8 Å². The fourth-order valence-electron chi connectivity index (χ4n) is 3.52. The van der Waals surface area contributed by atoms with Gasteiger partial charge >= 0.3 is 6.09 Å². The number of nitrogens with zero attached hydrogens (tertiary/aromatic N) is 3. The summed E-state index contributed by atoms with van der Waals surface area (Å²) >= 11 is 0. The largest absolute Gasteiger partial charge is 0.443 e. The SMILES string of the molecule is CN1CCCCC1c1cccnc1N(C(=O)OC(C)(C)C)c1ccccc1. The van der Waals surface area contributed by atoms with Crippen LogP contribution >= 0.6 is 0 Å². The lowest BCUT2D eigenvalue weighted by atomic mass is 9.96. The van der Waals surface area contributed by atoms with E-state index in [2.05, 4.69) is 23.0 Å². The highest BCUT2D eigenvalue weighted by molar-refractivity contribution is 5.96. The van der Waals surface area contributed by atoms with E-state index in [0.717, 1.165) is 24.2 Å². The minimum Gasteiger partial charge on any atom is -0.443 e. The van der Waals surface area contributed by atoms with Gasteiger partial charge in [0.1, 0.15) is 11.4 Å². The van der Waals surface area contributed by atoms with Crippen LogP contribution in [0.4, 0.5) is 16.3 Å². The Balaban J connectivity index is 2.06. The number of likely N-dealkylation sites (tertiary alicyclic amines) is 1. The summed E-state index contributed by atoms with van der Waals surface area (Å²) in [6.45, 7) is 6.68. The molecule has 1 amide bonds. The van der Waals surface area contributed by atoms with Gasteiger partial charge in [0.15, 0.2) is 0 Å². The molecule has 1 aromatic carbocycles. The molecule has 27 heavy (non-hydrogen) atoms. The van der Waals surface area contributed by atoms with E-state index in [-0.39, 0.29) is 6.04 Å². The van der Waals surface area contributed by atoms with Crippen molar-refractivity contribution in [3.05, 3.63) is 54.2 Å². The summed E-state index contributed by atoms with van der Waals surface area (Å²) in [7, 11) is 2.14. The van der Waals surface area contributed by atoms with Crippen molar-refractivity contribution in [1.29, 1.82) is 0 Å². The van der Waals surface area contributed by atoms with Gasteiger partial charge in [0.2, 0.25) is 0 Å². The molecule has 5 nitrogen and oxygen atoms in total. The predicted octanol–water partition coefficient (Wildman–Crippen LogP) is 5.31. The van der Waals surface area contributed by atoms with E-state index in [4.69, 9.17) is 4.74 Å². The third-order valence-corrected chi connectivity index (χ3v) is 4.75. The lowest BCUT2D eigenvalue weighted by Gasteiger charge is -2.35. The minimum absolute atomic E-state index is 0.246. The fraction of sp³-hybridized carbons (Fsp3) is 0.455. The van der Waals surface area contributed by atoms with Gasteiger partial charge < -0.3 is 4.74 Å². The monoisotopic (exact) mass is 367 g/mol. The Kier molecular flexibility index (Phi) is 5.80. The van der Waals surface area contributed by atoms with Crippen LogP contribution in [0.1, 0.15) is 51.6 Å². The molecule has 144 valence electrons. The Labute approximate surface area is 162 Å². The predicted molar refractivity (Wildman–Crippen MR) is 108 cm³/mol. The number of pyridine rings is 1. The Hall–Kier alpha value is -2.40. The zero-order chi connectivity index (χ0) is 19.4. The molecule has 1 atom stereocenters. The van der Waals surface area contributed by atoms with E-state index < -0.39 is 11.7 Å². The van der Waals surface area contributed by atoms with Crippen molar-refractivity contribution in [2.45, 2.75) is 51.7 Å². The quantitative estimate of drug-likeness (QED) is 0.737. The number of anilines is 2. The second kappa shape index (κ2) is 8.09. The molecule has 0 bridgehead atoms. The van der Waals surface area contributed by atoms with Crippen LogP contribution in [-0.4, -0.2) is 35.2 Å². The van der Waals surface area contributed by atoms with Crippen LogP contribution in [-0.2, 0) is 4.74 Å². The second-order valence-electron chi connectivity index (χ2n) is 8.06. The summed E-state index contributed by atoms with van der Waals surface area (Å²) in [5.41, 5.74) is 1.24. The number of amides is 1. The van der Waals surface area contributed by atoms with Crippen molar-refractivity contribution in [2.24, 2.45) is 0 Å². The van der Waals surface area contributed by atoms with Crippen LogP contribution in [0.25, 0.3) is 0 Å². The zero-order valence-electron chi connectivity index (χ0n) is 16.7. The summed E-state index contributed by atoms with van der Waals surface area (Å²) < 4.78 is 5.71. The van der Waals surface area contributed by atoms with Crippen molar-refractivity contribution >= 4 is 17.6 Å². The Morgan fingerprint density at radius 2 is 1.89 bits per heavy atom. The maximum Gasteiger partial charge on any atom is 0.420 e. The van der Waals surface area contributed by atoms with Crippen molar-refractivity contribution in [3.8, 4) is 0 Å². The van der Waals surface area contributed by atoms with Gasteiger partial charge in [-0.15, -0.1) is 0 Å². The molecular weight excluding hydrogens is 338 g/mol. The number of hydrogen-bond acceptors (Lipinski definition) is 4. The highest BCUT2D eigenvalue weighted by Gasteiger charge is 2.31. The van der Waals surface area contributed by atoms with Crippen LogP contribution in [0.2, 0.25) is 0 Å². The number of ether oxygens (including phenoxy) is 1. The maximum absolute atomic E-state index is 13.1. The molecule has 2 aromatic rings. The summed E-state index contributed by atoms with van der Waals surface area (Å²) in [5, 5.41) is 0. The average molecular weight is 367 g/mol. The van der Waals surface area contributed by atoms with Gasteiger partial charge in [0.05, 0.1) is 5.69 Å². The highest BCUT2D eigenvalue weighted by atomic mass is 16.6. The smallest absolute Gasteiger partial charge is 0.420 e. The number of carbonyl (C=O) groups is 1. The molecule has 3 rings (SSSR count). The molecule has 0 radical (unpaired) electrons. The normalized spacial score (nSPS) is 18.1. The van der Waals surface area contributed by atoms with Crippen LogP contribution in [0.5, 0.6) is 0 Å². The molecule has 1 aliphatic rings. The molecule has 1 saturated heterocycles. The molecule has 1 aromatic heterocycles. The van der Waals surface area contributed by atoms with Gasteiger partial charge in [-0.2, -0.15) is 0 Å². The molecule has 0 aliphatic carbocycles. The highest BCUT2D eigenvalue weighted by Crippen LogP contribution is 2.37. The van der Waals surface area contributed by atoms with E-state index in [1.807, 2.05) is 57.2 Å². The van der Waals surface area contributed by atoms with Gasteiger partial charge in [-0.25, -0.2) is 14.7 Å². The first-order valence-corrected chi connectivity index (χ1v) is 9.60.